The Hall–Kier alpha value is -2.68. The van der Waals surface area contributed by atoms with Gasteiger partial charge in [-0.1, -0.05) is 19.1 Å². The standard InChI is InChI=1S/C18H22N2O6S/c1-4-25-17(22)15-11(3)19-18(23)20-13(15)10-26-16(21)12-8-6-7-9-14(12)27(24)5-2/h6-9,11H,4-5,10H2,1-3H3,(H2,19,20,23)/t11-,27-/m0/s1. The van der Waals surface area contributed by atoms with Crippen LogP contribution >= 0.6 is 0 Å². The molecule has 0 aliphatic carbocycles. The normalized spacial score (nSPS) is 17.6. The van der Waals surface area contributed by atoms with Gasteiger partial charge in [0.05, 0.1) is 45.2 Å². The summed E-state index contributed by atoms with van der Waals surface area (Å²) >= 11 is 0. The second kappa shape index (κ2) is 9.31. The summed E-state index contributed by atoms with van der Waals surface area (Å²) in [5, 5.41) is 5.04. The second-order valence-electron chi connectivity index (χ2n) is 5.64. The number of esters is 2. The monoisotopic (exact) mass is 394 g/mol. The van der Waals surface area contributed by atoms with E-state index < -0.39 is 34.8 Å². The first-order valence-electron chi connectivity index (χ1n) is 8.51. The van der Waals surface area contributed by atoms with E-state index in [-0.39, 0.29) is 30.0 Å². The van der Waals surface area contributed by atoms with Crippen LogP contribution in [0, 0.1) is 0 Å². The fourth-order valence-electron chi connectivity index (χ4n) is 2.60. The number of amides is 2. The van der Waals surface area contributed by atoms with E-state index in [0.717, 1.165) is 0 Å². The molecule has 1 aromatic carbocycles. The van der Waals surface area contributed by atoms with Crippen LogP contribution in [0.15, 0.2) is 40.4 Å². The third-order valence-corrected chi connectivity index (χ3v) is 5.20. The van der Waals surface area contributed by atoms with Gasteiger partial charge in [-0.25, -0.2) is 14.4 Å². The van der Waals surface area contributed by atoms with Crippen LogP contribution in [0.3, 0.4) is 0 Å². The highest BCUT2D eigenvalue weighted by Crippen LogP contribution is 2.18. The molecule has 1 aliphatic rings. The molecule has 0 bridgehead atoms. The zero-order chi connectivity index (χ0) is 20.0. The predicted octanol–water partition coefficient (Wildman–Crippen LogP) is 1.49. The van der Waals surface area contributed by atoms with Gasteiger partial charge in [0.1, 0.15) is 6.61 Å². The van der Waals surface area contributed by atoms with Crippen molar-refractivity contribution in [1.82, 2.24) is 10.6 Å². The SMILES string of the molecule is CCOC(=O)C1=C(COC(=O)c2ccccc2[S@@](=O)CC)NC(=O)N[C@H]1C. The molecule has 1 heterocycles. The van der Waals surface area contributed by atoms with Crippen LogP contribution in [0.2, 0.25) is 0 Å². The Morgan fingerprint density at radius 3 is 2.52 bits per heavy atom. The molecule has 146 valence electrons. The number of hydrogen-bond acceptors (Lipinski definition) is 6. The maximum atomic E-state index is 12.5. The lowest BCUT2D eigenvalue weighted by atomic mass is 10.0. The average Bonchev–Trinajstić information content (AvgIpc) is 2.65. The smallest absolute Gasteiger partial charge is 0.339 e. The Balaban J connectivity index is 2.24. The Kier molecular flexibility index (Phi) is 7.12. The van der Waals surface area contributed by atoms with Crippen LogP contribution in [-0.2, 0) is 25.1 Å². The lowest BCUT2D eigenvalue weighted by Crippen LogP contribution is -2.50. The predicted molar refractivity (Wildman–Crippen MR) is 98.5 cm³/mol. The van der Waals surface area contributed by atoms with Crippen LogP contribution in [0.25, 0.3) is 0 Å². The van der Waals surface area contributed by atoms with Gasteiger partial charge in [-0.15, -0.1) is 0 Å². The van der Waals surface area contributed by atoms with Crippen molar-refractivity contribution in [2.75, 3.05) is 19.0 Å². The first-order valence-corrected chi connectivity index (χ1v) is 9.83. The molecule has 2 N–H and O–H groups in total. The summed E-state index contributed by atoms with van der Waals surface area (Å²) in [6.07, 6.45) is 0. The van der Waals surface area contributed by atoms with Crippen LogP contribution in [0.4, 0.5) is 4.79 Å². The summed E-state index contributed by atoms with van der Waals surface area (Å²) in [4.78, 5) is 36.7. The molecule has 1 aromatic rings. The number of nitrogens with one attached hydrogen (secondary N) is 2. The van der Waals surface area contributed by atoms with E-state index >= 15 is 0 Å². The minimum atomic E-state index is -1.33. The third-order valence-electron chi connectivity index (χ3n) is 3.83. The summed E-state index contributed by atoms with van der Waals surface area (Å²) in [5.74, 6) is -0.929. The summed E-state index contributed by atoms with van der Waals surface area (Å²) in [6.45, 7) is 4.90. The van der Waals surface area contributed by atoms with Gasteiger partial charge in [-0.3, -0.25) is 4.21 Å². The number of carbonyl (C=O) groups is 3. The molecular formula is C18H22N2O6S. The Morgan fingerprint density at radius 1 is 1.15 bits per heavy atom. The van der Waals surface area contributed by atoms with E-state index in [1.54, 1.807) is 39.0 Å². The summed E-state index contributed by atoms with van der Waals surface area (Å²) in [6, 6.07) is 5.37. The molecule has 9 heteroatoms. The van der Waals surface area contributed by atoms with Crippen LogP contribution < -0.4 is 10.6 Å². The van der Waals surface area contributed by atoms with Crippen molar-refractivity contribution in [2.24, 2.45) is 0 Å². The first-order chi connectivity index (χ1) is 12.9. The van der Waals surface area contributed by atoms with E-state index in [9.17, 15) is 18.6 Å². The molecule has 2 amide bonds. The van der Waals surface area contributed by atoms with Gasteiger partial charge in [-0.2, -0.15) is 0 Å². The molecule has 8 nitrogen and oxygen atoms in total. The van der Waals surface area contributed by atoms with Crippen LogP contribution in [0.1, 0.15) is 31.1 Å². The van der Waals surface area contributed by atoms with E-state index in [4.69, 9.17) is 9.47 Å². The fraction of sp³-hybridized carbons (Fsp3) is 0.389. The maximum Gasteiger partial charge on any atom is 0.339 e. The van der Waals surface area contributed by atoms with Crippen LogP contribution in [-0.4, -0.2) is 47.2 Å². The Bertz CT molecular complexity index is 805. The largest absolute Gasteiger partial charge is 0.463 e. The summed E-state index contributed by atoms with van der Waals surface area (Å²) in [5.41, 5.74) is 0.533. The molecular weight excluding hydrogens is 372 g/mol. The topological polar surface area (TPSA) is 111 Å². The third kappa shape index (κ3) is 4.94. The zero-order valence-electron chi connectivity index (χ0n) is 15.4. The van der Waals surface area contributed by atoms with Gasteiger partial charge < -0.3 is 20.1 Å². The maximum absolute atomic E-state index is 12.5. The minimum absolute atomic E-state index is 0.159. The molecule has 1 aliphatic heterocycles. The average molecular weight is 394 g/mol. The highest BCUT2D eigenvalue weighted by atomic mass is 32.2. The van der Waals surface area contributed by atoms with Gasteiger partial charge in [0, 0.05) is 5.75 Å². The molecule has 0 aromatic heterocycles. The van der Waals surface area contributed by atoms with Crippen LogP contribution in [0.5, 0.6) is 0 Å². The minimum Gasteiger partial charge on any atom is -0.463 e. The quantitative estimate of drug-likeness (QED) is 0.678. The van der Waals surface area contributed by atoms with Crippen molar-refractivity contribution < 1.29 is 28.1 Å². The molecule has 0 spiro atoms. The van der Waals surface area contributed by atoms with Gasteiger partial charge >= 0.3 is 18.0 Å². The molecule has 0 fully saturated rings. The molecule has 0 radical (unpaired) electrons. The lowest BCUT2D eigenvalue weighted by Gasteiger charge is -2.26. The Labute approximate surface area is 159 Å². The van der Waals surface area contributed by atoms with Gasteiger partial charge in [0.15, 0.2) is 0 Å². The number of carbonyl (C=O) groups excluding carboxylic acids is 3. The molecule has 0 unspecified atom stereocenters. The van der Waals surface area contributed by atoms with Crippen molar-refractivity contribution in [2.45, 2.75) is 31.7 Å². The fourth-order valence-corrected chi connectivity index (χ4v) is 3.54. The van der Waals surface area contributed by atoms with Gasteiger partial charge in [-0.05, 0) is 26.0 Å². The second-order valence-corrected chi connectivity index (χ2v) is 7.35. The van der Waals surface area contributed by atoms with Crippen molar-refractivity contribution in [3.8, 4) is 0 Å². The lowest BCUT2D eigenvalue weighted by molar-refractivity contribution is -0.139. The van der Waals surface area contributed by atoms with Gasteiger partial charge in [0.25, 0.3) is 0 Å². The van der Waals surface area contributed by atoms with Crippen molar-refractivity contribution >= 4 is 28.8 Å². The van der Waals surface area contributed by atoms with Gasteiger partial charge in [0.2, 0.25) is 0 Å². The highest BCUT2D eigenvalue weighted by Gasteiger charge is 2.30. The van der Waals surface area contributed by atoms with Crippen molar-refractivity contribution in [3.63, 3.8) is 0 Å². The van der Waals surface area contributed by atoms with Crippen molar-refractivity contribution in [3.05, 3.63) is 41.1 Å². The van der Waals surface area contributed by atoms with E-state index in [1.165, 1.54) is 6.07 Å². The highest BCUT2D eigenvalue weighted by molar-refractivity contribution is 7.85. The number of benzene rings is 1. The number of urea groups is 1. The first kappa shape index (κ1) is 20.6. The molecule has 0 saturated heterocycles. The molecule has 2 rings (SSSR count). The van der Waals surface area contributed by atoms with E-state index in [2.05, 4.69) is 10.6 Å². The summed E-state index contributed by atoms with van der Waals surface area (Å²) < 4.78 is 22.4. The molecule has 0 saturated carbocycles. The van der Waals surface area contributed by atoms with Crippen molar-refractivity contribution in [1.29, 1.82) is 0 Å². The number of rotatable bonds is 7. The number of ether oxygens (including phenoxy) is 2. The van der Waals surface area contributed by atoms with E-state index in [0.29, 0.717) is 10.6 Å². The molecule has 2 atom stereocenters. The number of hydrogen-bond donors (Lipinski definition) is 2. The zero-order valence-corrected chi connectivity index (χ0v) is 16.2. The van der Waals surface area contributed by atoms with E-state index in [1.807, 2.05) is 0 Å². The Morgan fingerprint density at radius 2 is 1.85 bits per heavy atom. The molecule has 27 heavy (non-hydrogen) atoms. The summed E-state index contributed by atoms with van der Waals surface area (Å²) in [7, 11) is -1.33.